The predicted octanol–water partition coefficient (Wildman–Crippen LogP) is 1.09. The molecule has 1 unspecified atom stereocenters. The molecule has 0 radical (unpaired) electrons. The summed E-state index contributed by atoms with van der Waals surface area (Å²) in [6, 6.07) is 0. The third-order valence-electron chi connectivity index (χ3n) is 3.67. The van der Waals surface area contributed by atoms with Gasteiger partial charge >= 0.3 is 0 Å². The van der Waals surface area contributed by atoms with E-state index in [1.165, 1.54) is 6.42 Å². The summed E-state index contributed by atoms with van der Waals surface area (Å²) in [5, 5.41) is 3.23. The molecule has 0 amide bonds. The average molecular weight is 264 g/mol. The second kappa shape index (κ2) is 6.70. The highest BCUT2D eigenvalue weighted by molar-refractivity contribution is 5.36. The van der Waals surface area contributed by atoms with Crippen LogP contribution < -0.4 is 15.8 Å². The molecular formula is C14H24N4O. The quantitative estimate of drug-likeness (QED) is 0.865. The summed E-state index contributed by atoms with van der Waals surface area (Å²) in [6.07, 6.45) is 6.85. The number of hydrogen-bond donors (Lipinski definition) is 1. The third kappa shape index (κ3) is 3.35. The van der Waals surface area contributed by atoms with Gasteiger partial charge in [0.1, 0.15) is 0 Å². The van der Waals surface area contributed by atoms with Crippen LogP contribution in [0.2, 0.25) is 0 Å². The summed E-state index contributed by atoms with van der Waals surface area (Å²) in [6.45, 7) is 5.73. The molecule has 19 heavy (non-hydrogen) atoms. The highest BCUT2D eigenvalue weighted by atomic mass is 16.1. The van der Waals surface area contributed by atoms with E-state index in [9.17, 15) is 4.79 Å². The van der Waals surface area contributed by atoms with Crippen LogP contribution in [0.5, 0.6) is 0 Å². The van der Waals surface area contributed by atoms with Crippen LogP contribution in [0, 0.1) is 5.92 Å². The lowest BCUT2D eigenvalue weighted by Crippen LogP contribution is -2.42. The van der Waals surface area contributed by atoms with E-state index in [1.54, 1.807) is 17.0 Å². The molecule has 0 spiro atoms. The molecule has 106 valence electrons. The van der Waals surface area contributed by atoms with Gasteiger partial charge in [0, 0.05) is 32.0 Å². The summed E-state index contributed by atoms with van der Waals surface area (Å²) < 4.78 is 1.77. The van der Waals surface area contributed by atoms with Gasteiger partial charge in [0.15, 0.2) is 5.82 Å². The van der Waals surface area contributed by atoms with Gasteiger partial charge in [-0.2, -0.15) is 0 Å². The van der Waals surface area contributed by atoms with Crippen LogP contribution in [0.4, 0.5) is 5.82 Å². The third-order valence-corrected chi connectivity index (χ3v) is 3.67. The minimum atomic E-state index is 0.0504. The maximum absolute atomic E-state index is 12.4. The molecule has 1 aliphatic heterocycles. The number of anilines is 1. The van der Waals surface area contributed by atoms with E-state index in [1.807, 2.05) is 7.05 Å². The SMILES string of the molecule is CCCn1ccnc(N2CCCC(CNC)C2)c1=O. The van der Waals surface area contributed by atoms with Crippen molar-refractivity contribution in [3.63, 3.8) is 0 Å². The summed E-state index contributed by atoms with van der Waals surface area (Å²) in [5.41, 5.74) is 0.0504. The first-order valence-electron chi connectivity index (χ1n) is 7.21. The summed E-state index contributed by atoms with van der Waals surface area (Å²) in [4.78, 5) is 18.8. The number of piperidine rings is 1. The summed E-state index contributed by atoms with van der Waals surface area (Å²) in [5.74, 6) is 1.23. The van der Waals surface area contributed by atoms with Gasteiger partial charge in [-0.3, -0.25) is 4.79 Å². The predicted molar refractivity (Wildman–Crippen MR) is 77.7 cm³/mol. The van der Waals surface area contributed by atoms with Gasteiger partial charge < -0.3 is 14.8 Å². The molecule has 1 atom stereocenters. The van der Waals surface area contributed by atoms with Gasteiger partial charge in [-0.15, -0.1) is 0 Å². The largest absolute Gasteiger partial charge is 0.352 e. The Kier molecular flexibility index (Phi) is 4.96. The topological polar surface area (TPSA) is 50.2 Å². The monoisotopic (exact) mass is 264 g/mol. The van der Waals surface area contributed by atoms with Crippen molar-refractivity contribution in [1.82, 2.24) is 14.9 Å². The van der Waals surface area contributed by atoms with Crippen LogP contribution in [0.1, 0.15) is 26.2 Å². The summed E-state index contributed by atoms with van der Waals surface area (Å²) >= 11 is 0. The average Bonchev–Trinajstić information content (AvgIpc) is 2.42. The van der Waals surface area contributed by atoms with E-state index in [0.717, 1.165) is 39.0 Å². The van der Waals surface area contributed by atoms with Gasteiger partial charge in [-0.1, -0.05) is 6.92 Å². The molecule has 5 nitrogen and oxygen atoms in total. The van der Waals surface area contributed by atoms with Crippen molar-refractivity contribution in [3.05, 3.63) is 22.7 Å². The molecule has 0 bridgehead atoms. The van der Waals surface area contributed by atoms with Crippen molar-refractivity contribution in [1.29, 1.82) is 0 Å². The molecule has 1 aromatic heterocycles. The molecule has 1 aromatic rings. The van der Waals surface area contributed by atoms with Crippen molar-refractivity contribution < 1.29 is 0 Å². The van der Waals surface area contributed by atoms with Crippen LogP contribution in [0.3, 0.4) is 0 Å². The number of nitrogens with one attached hydrogen (secondary N) is 1. The van der Waals surface area contributed by atoms with E-state index < -0.39 is 0 Å². The lowest BCUT2D eigenvalue weighted by molar-refractivity contribution is 0.400. The zero-order valence-corrected chi connectivity index (χ0v) is 11.9. The summed E-state index contributed by atoms with van der Waals surface area (Å²) in [7, 11) is 1.98. The Hall–Kier alpha value is -1.36. The molecule has 2 heterocycles. The number of aryl methyl sites for hydroxylation is 1. The molecule has 1 saturated heterocycles. The Morgan fingerprint density at radius 3 is 3.11 bits per heavy atom. The van der Waals surface area contributed by atoms with Crippen molar-refractivity contribution in [2.75, 3.05) is 31.6 Å². The molecule has 0 saturated carbocycles. The normalized spacial score (nSPS) is 19.7. The zero-order chi connectivity index (χ0) is 13.7. The molecule has 2 rings (SSSR count). The van der Waals surface area contributed by atoms with Crippen molar-refractivity contribution in [3.8, 4) is 0 Å². The first-order valence-corrected chi connectivity index (χ1v) is 7.21. The second-order valence-corrected chi connectivity index (χ2v) is 5.26. The first kappa shape index (κ1) is 14.1. The van der Waals surface area contributed by atoms with Crippen molar-refractivity contribution in [2.45, 2.75) is 32.7 Å². The molecular weight excluding hydrogens is 240 g/mol. The zero-order valence-electron chi connectivity index (χ0n) is 11.9. The van der Waals surface area contributed by atoms with Gasteiger partial charge in [-0.25, -0.2) is 4.98 Å². The minimum absolute atomic E-state index is 0.0504. The first-order chi connectivity index (χ1) is 9.26. The van der Waals surface area contributed by atoms with Crippen LogP contribution in [0.25, 0.3) is 0 Å². The molecule has 5 heteroatoms. The molecule has 1 N–H and O–H groups in total. The van der Waals surface area contributed by atoms with Gasteiger partial charge in [0.05, 0.1) is 0 Å². The number of nitrogens with zero attached hydrogens (tertiary/aromatic N) is 3. The van der Waals surface area contributed by atoms with Crippen LogP contribution in [-0.2, 0) is 6.54 Å². The van der Waals surface area contributed by atoms with E-state index in [-0.39, 0.29) is 5.56 Å². The van der Waals surface area contributed by atoms with Crippen LogP contribution in [0.15, 0.2) is 17.2 Å². The fourth-order valence-electron chi connectivity index (χ4n) is 2.78. The highest BCUT2D eigenvalue weighted by Gasteiger charge is 2.22. The van der Waals surface area contributed by atoms with Gasteiger partial charge in [0.25, 0.3) is 5.56 Å². The van der Waals surface area contributed by atoms with Crippen molar-refractivity contribution in [2.24, 2.45) is 5.92 Å². The fourth-order valence-corrected chi connectivity index (χ4v) is 2.78. The lowest BCUT2D eigenvalue weighted by atomic mass is 9.98. The Balaban J connectivity index is 2.17. The van der Waals surface area contributed by atoms with Crippen LogP contribution in [-0.4, -0.2) is 36.2 Å². The van der Waals surface area contributed by atoms with Crippen molar-refractivity contribution >= 4 is 5.82 Å². The smallest absolute Gasteiger partial charge is 0.293 e. The minimum Gasteiger partial charge on any atom is -0.352 e. The lowest BCUT2D eigenvalue weighted by Gasteiger charge is -2.33. The molecule has 1 fully saturated rings. The maximum Gasteiger partial charge on any atom is 0.293 e. The Bertz CT molecular complexity index is 455. The number of rotatable bonds is 5. The Morgan fingerprint density at radius 2 is 2.37 bits per heavy atom. The molecule has 1 aliphatic rings. The van der Waals surface area contributed by atoms with Crippen LogP contribution >= 0.6 is 0 Å². The van der Waals surface area contributed by atoms with Gasteiger partial charge in [0.2, 0.25) is 0 Å². The number of aromatic nitrogens is 2. The maximum atomic E-state index is 12.4. The molecule has 0 aliphatic carbocycles. The van der Waals surface area contributed by atoms with E-state index in [0.29, 0.717) is 11.7 Å². The highest BCUT2D eigenvalue weighted by Crippen LogP contribution is 2.18. The number of hydrogen-bond acceptors (Lipinski definition) is 4. The second-order valence-electron chi connectivity index (χ2n) is 5.26. The Morgan fingerprint density at radius 1 is 1.53 bits per heavy atom. The molecule has 0 aromatic carbocycles. The van der Waals surface area contributed by atoms with E-state index in [2.05, 4.69) is 22.1 Å². The van der Waals surface area contributed by atoms with E-state index in [4.69, 9.17) is 0 Å². The Labute approximate surface area is 114 Å². The standard InChI is InChI=1S/C14H24N4O/c1-3-7-17-9-6-16-13(14(17)19)18-8-4-5-12(11-18)10-15-2/h6,9,12,15H,3-5,7-8,10-11H2,1-2H3. The fraction of sp³-hybridized carbons (Fsp3) is 0.714. The van der Waals surface area contributed by atoms with Gasteiger partial charge in [-0.05, 0) is 38.8 Å². The van der Waals surface area contributed by atoms with E-state index >= 15 is 0 Å².